The summed E-state index contributed by atoms with van der Waals surface area (Å²) in [5, 5.41) is 2.33. The van der Waals surface area contributed by atoms with Crippen LogP contribution in [0.5, 0.6) is 0 Å². The first-order chi connectivity index (χ1) is 13.3. The second-order valence-corrected chi connectivity index (χ2v) is 6.86. The van der Waals surface area contributed by atoms with Crippen molar-refractivity contribution in [3.63, 3.8) is 0 Å². The Balaban J connectivity index is 1.88. The molecular weight excluding hydrogens is 332 g/mol. The van der Waals surface area contributed by atoms with E-state index in [1.807, 2.05) is 30.6 Å². The van der Waals surface area contributed by atoms with E-state index in [0.717, 1.165) is 38.7 Å². The molecule has 4 nitrogen and oxygen atoms in total. The molecule has 0 aliphatic carbocycles. The van der Waals surface area contributed by atoms with E-state index in [2.05, 4.69) is 69.7 Å². The van der Waals surface area contributed by atoms with Crippen LogP contribution in [0.2, 0.25) is 0 Å². The molecule has 27 heavy (non-hydrogen) atoms. The Hall–Kier alpha value is -3.66. The third kappa shape index (κ3) is 1.87. The number of aryl methyl sites for hydroxylation is 1. The lowest BCUT2D eigenvalue weighted by Gasteiger charge is -2.07. The highest BCUT2D eigenvalue weighted by Gasteiger charge is 2.17. The smallest absolute Gasteiger partial charge is 0.0964 e. The predicted octanol–water partition coefficient (Wildman–Crippen LogP) is 5.22. The minimum atomic E-state index is 1.02. The first-order valence-corrected chi connectivity index (χ1v) is 9.00. The number of nitrogens with zero attached hydrogens (tertiary/aromatic N) is 4. The van der Waals surface area contributed by atoms with Crippen molar-refractivity contribution < 1.29 is 0 Å². The highest BCUT2D eigenvalue weighted by atomic mass is 15.0. The lowest BCUT2D eigenvalue weighted by molar-refractivity contribution is 1.01. The number of para-hydroxylation sites is 1. The van der Waals surface area contributed by atoms with Gasteiger partial charge in [-0.1, -0.05) is 18.2 Å². The maximum atomic E-state index is 4.70. The summed E-state index contributed by atoms with van der Waals surface area (Å²) in [4.78, 5) is 9.35. The molecule has 0 aliphatic heterocycles. The summed E-state index contributed by atoms with van der Waals surface area (Å²) in [6, 6.07) is 23.2. The first kappa shape index (κ1) is 14.5. The minimum absolute atomic E-state index is 1.02. The van der Waals surface area contributed by atoms with Crippen LogP contribution >= 0.6 is 0 Å². The van der Waals surface area contributed by atoms with E-state index in [9.17, 15) is 0 Å². The summed E-state index contributed by atoms with van der Waals surface area (Å²) in [7, 11) is 2.10. The van der Waals surface area contributed by atoms with Crippen LogP contribution < -0.4 is 0 Å². The summed E-state index contributed by atoms with van der Waals surface area (Å²) in [6.07, 6.45) is 3.73. The van der Waals surface area contributed by atoms with E-state index in [1.54, 1.807) is 0 Å². The van der Waals surface area contributed by atoms with E-state index in [0.29, 0.717) is 0 Å². The van der Waals surface area contributed by atoms with Gasteiger partial charge in [-0.15, -0.1) is 0 Å². The van der Waals surface area contributed by atoms with Gasteiger partial charge in [-0.3, -0.25) is 9.97 Å². The largest absolute Gasteiger partial charge is 0.342 e. The molecule has 4 heteroatoms. The van der Waals surface area contributed by atoms with Crippen LogP contribution in [0.4, 0.5) is 0 Å². The molecule has 0 atom stereocenters. The molecule has 0 aliphatic rings. The van der Waals surface area contributed by atoms with E-state index >= 15 is 0 Å². The summed E-state index contributed by atoms with van der Waals surface area (Å²) >= 11 is 0. The van der Waals surface area contributed by atoms with Gasteiger partial charge in [-0.25, -0.2) is 0 Å². The lowest BCUT2D eigenvalue weighted by Crippen LogP contribution is -1.93. The quantitative estimate of drug-likeness (QED) is 0.408. The van der Waals surface area contributed by atoms with E-state index in [-0.39, 0.29) is 0 Å². The molecule has 0 fully saturated rings. The van der Waals surface area contributed by atoms with Gasteiger partial charge in [0.15, 0.2) is 0 Å². The van der Waals surface area contributed by atoms with E-state index in [4.69, 9.17) is 4.98 Å². The maximum Gasteiger partial charge on any atom is 0.0964 e. The summed E-state index contributed by atoms with van der Waals surface area (Å²) in [5.74, 6) is 0. The molecule has 0 amide bonds. The molecule has 2 aromatic carbocycles. The van der Waals surface area contributed by atoms with Crippen LogP contribution in [0.1, 0.15) is 0 Å². The van der Waals surface area contributed by atoms with Crippen LogP contribution in [0.3, 0.4) is 0 Å². The van der Waals surface area contributed by atoms with E-state index < -0.39 is 0 Å². The molecule has 0 N–H and O–H groups in total. The molecule has 4 heterocycles. The number of pyridine rings is 2. The van der Waals surface area contributed by atoms with Gasteiger partial charge in [0.25, 0.3) is 0 Å². The molecule has 0 radical (unpaired) electrons. The topological polar surface area (TPSA) is 35.6 Å². The Morgan fingerprint density at radius 3 is 2.04 bits per heavy atom. The molecular formula is C23H16N4. The van der Waals surface area contributed by atoms with Crippen LogP contribution in [0.25, 0.3) is 49.6 Å². The van der Waals surface area contributed by atoms with Crippen LogP contribution in [-0.2, 0) is 7.05 Å². The number of hydrogen-bond acceptors (Lipinski definition) is 2. The fourth-order valence-electron chi connectivity index (χ4n) is 4.19. The average Bonchev–Trinajstić information content (AvgIpc) is 3.20. The van der Waals surface area contributed by atoms with Gasteiger partial charge >= 0.3 is 0 Å². The Bertz CT molecular complexity index is 1470. The summed E-state index contributed by atoms with van der Waals surface area (Å²) in [5.41, 5.74) is 7.79. The Kier molecular flexibility index (Phi) is 2.78. The molecule has 4 aromatic heterocycles. The van der Waals surface area contributed by atoms with E-state index in [1.165, 1.54) is 10.9 Å². The van der Waals surface area contributed by atoms with Gasteiger partial charge in [-0.2, -0.15) is 0 Å². The van der Waals surface area contributed by atoms with Gasteiger partial charge in [0.05, 0.1) is 33.1 Å². The molecule has 128 valence electrons. The molecule has 0 saturated heterocycles. The van der Waals surface area contributed by atoms with Crippen molar-refractivity contribution in [3.8, 4) is 5.69 Å². The lowest BCUT2D eigenvalue weighted by atomic mass is 10.1. The third-order valence-corrected chi connectivity index (χ3v) is 5.42. The highest BCUT2D eigenvalue weighted by molar-refractivity contribution is 6.16. The predicted molar refractivity (Wildman–Crippen MR) is 110 cm³/mol. The average molecular weight is 348 g/mol. The van der Waals surface area contributed by atoms with Crippen molar-refractivity contribution in [1.82, 2.24) is 19.1 Å². The van der Waals surface area contributed by atoms with Crippen molar-refractivity contribution in [3.05, 3.63) is 79.1 Å². The Labute approximate surface area is 155 Å². The van der Waals surface area contributed by atoms with Gasteiger partial charge in [-0.05, 0) is 48.5 Å². The second-order valence-electron chi connectivity index (χ2n) is 6.86. The van der Waals surface area contributed by atoms with Crippen LogP contribution in [0.15, 0.2) is 79.1 Å². The van der Waals surface area contributed by atoms with Gasteiger partial charge < -0.3 is 9.13 Å². The molecule has 0 unspecified atom stereocenters. The summed E-state index contributed by atoms with van der Waals surface area (Å²) < 4.78 is 4.50. The van der Waals surface area contributed by atoms with Crippen molar-refractivity contribution in [2.24, 2.45) is 7.05 Å². The second kappa shape index (κ2) is 5.17. The summed E-state index contributed by atoms with van der Waals surface area (Å²) in [6.45, 7) is 0. The molecule has 0 bridgehead atoms. The SMILES string of the molecule is Cn1c2cc3c4ncccc4n(-c4ccccc4)c3cc2c2ncccc21. The Morgan fingerprint density at radius 1 is 0.630 bits per heavy atom. The maximum absolute atomic E-state index is 4.70. The van der Waals surface area contributed by atoms with Crippen molar-refractivity contribution in [1.29, 1.82) is 0 Å². The highest BCUT2D eigenvalue weighted by Crippen LogP contribution is 2.36. The Morgan fingerprint density at radius 2 is 1.26 bits per heavy atom. The zero-order valence-corrected chi connectivity index (χ0v) is 14.8. The monoisotopic (exact) mass is 348 g/mol. The van der Waals surface area contributed by atoms with Crippen molar-refractivity contribution in [2.45, 2.75) is 0 Å². The van der Waals surface area contributed by atoms with Gasteiger partial charge in [0, 0.05) is 35.9 Å². The molecule has 0 saturated carbocycles. The normalized spacial score (nSPS) is 11.9. The number of rotatable bonds is 1. The third-order valence-electron chi connectivity index (χ3n) is 5.42. The zero-order chi connectivity index (χ0) is 18.0. The number of hydrogen-bond donors (Lipinski definition) is 0. The molecule has 6 rings (SSSR count). The number of benzene rings is 2. The van der Waals surface area contributed by atoms with Crippen LogP contribution in [0, 0.1) is 0 Å². The fraction of sp³-hybridized carbons (Fsp3) is 0.0435. The van der Waals surface area contributed by atoms with Crippen molar-refractivity contribution >= 4 is 43.9 Å². The van der Waals surface area contributed by atoms with Gasteiger partial charge in [0.2, 0.25) is 0 Å². The molecule has 6 aromatic rings. The van der Waals surface area contributed by atoms with Crippen molar-refractivity contribution in [2.75, 3.05) is 0 Å². The number of aromatic nitrogens is 4. The van der Waals surface area contributed by atoms with Gasteiger partial charge in [0.1, 0.15) is 0 Å². The standard InChI is InChI=1S/C23H16N4/c1-26-18-9-5-11-24-22(18)16-14-21-17(13-20(16)26)23-19(10-6-12-25-23)27(21)15-7-3-2-4-8-15/h2-14H,1H3. The number of fused-ring (bicyclic) bond motifs is 6. The first-order valence-electron chi connectivity index (χ1n) is 9.00. The minimum Gasteiger partial charge on any atom is -0.342 e. The fourth-order valence-corrected chi connectivity index (χ4v) is 4.19. The zero-order valence-electron chi connectivity index (χ0n) is 14.8. The molecule has 0 spiro atoms. The van der Waals surface area contributed by atoms with Crippen LogP contribution in [-0.4, -0.2) is 19.1 Å².